The third kappa shape index (κ3) is 5.24. The van der Waals surface area contributed by atoms with E-state index in [-0.39, 0.29) is 17.8 Å². The van der Waals surface area contributed by atoms with Gasteiger partial charge in [0, 0.05) is 32.1 Å². The van der Waals surface area contributed by atoms with Crippen LogP contribution in [0, 0.1) is 5.82 Å². The number of carbonyl (C=O) groups excluding carboxylic acids is 1. The molecule has 7 heteroatoms. The van der Waals surface area contributed by atoms with Crippen LogP contribution in [0.15, 0.2) is 66.6 Å². The monoisotopic (exact) mass is 423 g/mol. The fraction of sp³-hybridized carbons (Fsp3) is 0.375. The van der Waals surface area contributed by atoms with Crippen molar-refractivity contribution in [3.05, 3.63) is 78.0 Å². The van der Waals surface area contributed by atoms with Gasteiger partial charge in [0.05, 0.1) is 11.9 Å². The van der Waals surface area contributed by atoms with Crippen molar-refractivity contribution in [2.45, 2.75) is 38.6 Å². The molecule has 4 rings (SSSR count). The van der Waals surface area contributed by atoms with E-state index < -0.39 is 0 Å². The quantitative estimate of drug-likeness (QED) is 0.715. The minimum atomic E-state index is -0.276. The van der Waals surface area contributed by atoms with Crippen LogP contribution >= 0.6 is 0 Å². The lowest BCUT2D eigenvalue weighted by atomic mass is 10.0. The van der Waals surface area contributed by atoms with E-state index in [1.807, 2.05) is 24.1 Å². The molecule has 0 unspecified atom stereocenters. The molecule has 2 aliphatic rings. The predicted octanol–water partition coefficient (Wildman–Crippen LogP) is 3.40. The lowest BCUT2D eigenvalue weighted by Gasteiger charge is -2.38. The summed E-state index contributed by atoms with van der Waals surface area (Å²) in [7, 11) is 0. The van der Waals surface area contributed by atoms with Crippen molar-refractivity contribution in [3.63, 3.8) is 0 Å². The van der Waals surface area contributed by atoms with E-state index in [1.54, 1.807) is 17.1 Å². The first-order valence-corrected chi connectivity index (χ1v) is 11.0. The van der Waals surface area contributed by atoms with Crippen LogP contribution in [0.25, 0.3) is 0 Å². The predicted molar refractivity (Wildman–Crippen MR) is 120 cm³/mol. The second-order valence-corrected chi connectivity index (χ2v) is 8.02. The molecule has 6 nitrogen and oxygen atoms in total. The molecule has 0 bridgehead atoms. The first kappa shape index (κ1) is 21.3. The highest BCUT2D eigenvalue weighted by Crippen LogP contribution is 2.24. The van der Waals surface area contributed by atoms with Crippen LogP contribution < -0.4 is 16.0 Å². The summed E-state index contributed by atoms with van der Waals surface area (Å²) in [5.41, 5.74) is 8.33. The van der Waals surface area contributed by atoms with Crippen LogP contribution in [0.1, 0.15) is 31.7 Å². The number of nitrogens with one attached hydrogen (secondary N) is 2. The second-order valence-electron chi connectivity index (χ2n) is 8.02. The molecule has 1 amide bonds. The Labute approximate surface area is 183 Å². The standard InChI is InChI=1S/C24H30FN5O/c1-2-24(31)30(23-18-29(27-26-23)21-10-8-20(25)9-11-21)22-13-16-28(17-14-22)15-12-19-6-4-3-5-7-19/h3-11,18,22,26-27H,2,12-17H2,1H3. The zero-order chi connectivity index (χ0) is 21.6. The summed E-state index contributed by atoms with van der Waals surface area (Å²) in [6.45, 7) is 4.89. The first-order valence-electron chi connectivity index (χ1n) is 11.0. The third-order valence-electron chi connectivity index (χ3n) is 5.97. The molecule has 0 aromatic heterocycles. The molecule has 0 radical (unpaired) electrons. The van der Waals surface area contributed by atoms with Crippen molar-refractivity contribution >= 4 is 11.6 Å². The van der Waals surface area contributed by atoms with Crippen molar-refractivity contribution in [1.29, 1.82) is 0 Å². The van der Waals surface area contributed by atoms with Crippen LogP contribution in [0.3, 0.4) is 0 Å². The molecule has 1 saturated heterocycles. The SMILES string of the molecule is CCC(=O)N(C1=CN(c2ccc(F)cc2)NN1)C1CCN(CCc2ccccc2)CC1. The Bertz CT molecular complexity index is 894. The Morgan fingerprint density at radius 3 is 2.48 bits per heavy atom. The lowest BCUT2D eigenvalue weighted by Crippen LogP contribution is -2.50. The zero-order valence-electron chi connectivity index (χ0n) is 17.9. The molecule has 0 aliphatic carbocycles. The van der Waals surface area contributed by atoms with Crippen LogP contribution in [0.4, 0.5) is 10.1 Å². The minimum absolute atomic E-state index is 0.101. The molecule has 164 valence electrons. The molecule has 2 aromatic rings. The topological polar surface area (TPSA) is 50.9 Å². The van der Waals surface area contributed by atoms with Gasteiger partial charge in [-0.3, -0.25) is 20.1 Å². The smallest absolute Gasteiger partial charge is 0.228 e. The summed E-state index contributed by atoms with van der Waals surface area (Å²) in [4.78, 5) is 17.2. The molecule has 2 aliphatic heterocycles. The van der Waals surface area contributed by atoms with Gasteiger partial charge in [0.2, 0.25) is 5.91 Å². The van der Waals surface area contributed by atoms with E-state index in [4.69, 9.17) is 0 Å². The highest BCUT2D eigenvalue weighted by Gasteiger charge is 2.32. The number of anilines is 1. The fourth-order valence-electron chi connectivity index (χ4n) is 4.21. The van der Waals surface area contributed by atoms with E-state index in [1.165, 1.54) is 17.7 Å². The average Bonchev–Trinajstić information content (AvgIpc) is 3.29. The van der Waals surface area contributed by atoms with Crippen LogP contribution in [0.2, 0.25) is 0 Å². The number of halogens is 1. The van der Waals surface area contributed by atoms with Crippen LogP contribution in [-0.4, -0.2) is 41.4 Å². The zero-order valence-corrected chi connectivity index (χ0v) is 17.9. The Hall–Kier alpha value is -2.90. The molecule has 1 fully saturated rings. The molecule has 0 atom stereocenters. The van der Waals surface area contributed by atoms with Gasteiger partial charge in [-0.1, -0.05) is 37.3 Å². The molecule has 2 N–H and O–H groups in total. The Morgan fingerprint density at radius 1 is 1.10 bits per heavy atom. The van der Waals surface area contributed by atoms with Gasteiger partial charge in [-0.25, -0.2) is 4.39 Å². The summed E-state index contributed by atoms with van der Waals surface area (Å²) in [6.07, 6.45) is 5.24. The van der Waals surface area contributed by atoms with Crippen molar-refractivity contribution < 1.29 is 9.18 Å². The van der Waals surface area contributed by atoms with E-state index in [0.29, 0.717) is 6.42 Å². The minimum Gasteiger partial charge on any atom is -0.303 e. The van der Waals surface area contributed by atoms with Gasteiger partial charge in [-0.2, -0.15) is 0 Å². The number of benzene rings is 2. The van der Waals surface area contributed by atoms with Crippen LogP contribution in [-0.2, 0) is 11.2 Å². The number of piperidine rings is 1. The summed E-state index contributed by atoms with van der Waals surface area (Å²) >= 11 is 0. The van der Waals surface area contributed by atoms with Gasteiger partial charge >= 0.3 is 0 Å². The van der Waals surface area contributed by atoms with E-state index in [9.17, 15) is 9.18 Å². The summed E-state index contributed by atoms with van der Waals surface area (Å²) in [5, 5.41) is 1.76. The molecular weight excluding hydrogens is 393 g/mol. The Kier molecular flexibility index (Phi) is 6.84. The number of hydrogen-bond acceptors (Lipinski definition) is 5. The van der Waals surface area contributed by atoms with Gasteiger partial charge < -0.3 is 4.90 Å². The number of hydrogen-bond donors (Lipinski definition) is 2. The number of nitrogens with zero attached hydrogens (tertiary/aromatic N) is 3. The van der Waals surface area contributed by atoms with Crippen molar-refractivity contribution in [2.75, 3.05) is 24.6 Å². The number of carbonyl (C=O) groups is 1. The molecular formula is C24H30FN5O. The fourth-order valence-corrected chi connectivity index (χ4v) is 4.21. The van der Waals surface area contributed by atoms with E-state index >= 15 is 0 Å². The van der Waals surface area contributed by atoms with Gasteiger partial charge in [0.1, 0.15) is 11.6 Å². The normalized spacial score (nSPS) is 17.4. The highest BCUT2D eigenvalue weighted by atomic mass is 19.1. The van der Waals surface area contributed by atoms with Crippen molar-refractivity contribution in [2.24, 2.45) is 0 Å². The third-order valence-corrected chi connectivity index (χ3v) is 5.97. The lowest BCUT2D eigenvalue weighted by molar-refractivity contribution is -0.132. The number of hydrazine groups is 2. The largest absolute Gasteiger partial charge is 0.303 e. The molecule has 2 heterocycles. The highest BCUT2D eigenvalue weighted by molar-refractivity contribution is 5.78. The first-order chi connectivity index (χ1) is 15.1. The summed E-state index contributed by atoms with van der Waals surface area (Å²) in [6, 6.07) is 17.0. The maximum Gasteiger partial charge on any atom is 0.228 e. The van der Waals surface area contributed by atoms with E-state index in [2.05, 4.69) is 40.1 Å². The van der Waals surface area contributed by atoms with Gasteiger partial charge in [-0.15, -0.1) is 5.53 Å². The Balaban J connectivity index is 1.38. The number of amides is 1. The van der Waals surface area contributed by atoms with Gasteiger partial charge in [0.15, 0.2) is 0 Å². The van der Waals surface area contributed by atoms with Gasteiger partial charge in [-0.05, 0) is 49.1 Å². The molecule has 2 aromatic carbocycles. The second kappa shape index (κ2) is 9.94. The Morgan fingerprint density at radius 2 is 1.81 bits per heavy atom. The summed E-state index contributed by atoms with van der Waals surface area (Å²) < 4.78 is 13.2. The average molecular weight is 424 g/mol. The van der Waals surface area contributed by atoms with Crippen molar-refractivity contribution in [1.82, 2.24) is 20.8 Å². The number of likely N-dealkylation sites (tertiary alicyclic amines) is 1. The molecule has 0 spiro atoms. The number of rotatable bonds is 7. The molecule has 31 heavy (non-hydrogen) atoms. The van der Waals surface area contributed by atoms with Crippen LogP contribution in [0.5, 0.6) is 0 Å². The van der Waals surface area contributed by atoms with Gasteiger partial charge in [0.25, 0.3) is 0 Å². The summed E-state index contributed by atoms with van der Waals surface area (Å²) in [5.74, 6) is 0.560. The van der Waals surface area contributed by atoms with E-state index in [0.717, 1.165) is 50.4 Å². The van der Waals surface area contributed by atoms with Crippen molar-refractivity contribution in [3.8, 4) is 0 Å². The maximum absolute atomic E-state index is 13.2. The maximum atomic E-state index is 13.2. The molecule has 0 saturated carbocycles.